The van der Waals surface area contributed by atoms with Crippen LogP contribution >= 0.6 is 0 Å². The van der Waals surface area contributed by atoms with Crippen molar-refractivity contribution in [1.82, 2.24) is 9.97 Å². The summed E-state index contributed by atoms with van der Waals surface area (Å²) >= 11 is 0. The van der Waals surface area contributed by atoms with Crippen LogP contribution in [-0.2, 0) is 0 Å². The normalized spacial score (nSPS) is 10.9. The summed E-state index contributed by atoms with van der Waals surface area (Å²) in [6.45, 7) is 0. The van der Waals surface area contributed by atoms with Crippen LogP contribution in [0.5, 0.6) is 0 Å². The summed E-state index contributed by atoms with van der Waals surface area (Å²) in [7, 11) is 0. The second-order valence-electron chi connectivity index (χ2n) is 8.75. The van der Waals surface area contributed by atoms with Gasteiger partial charge in [0, 0.05) is 17.2 Å². The molecule has 0 saturated heterocycles. The number of nitrogens with zero attached hydrogens (tertiary/aromatic N) is 3. The van der Waals surface area contributed by atoms with Crippen molar-refractivity contribution >= 4 is 28.5 Å². The van der Waals surface area contributed by atoms with Crippen LogP contribution in [0.3, 0.4) is 0 Å². The van der Waals surface area contributed by atoms with Gasteiger partial charge < -0.3 is 9.73 Å². The van der Waals surface area contributed by atoms with Gasteiger partial charge in [-0.25, -0.2) is 9.97 Å². The lowest BCUT2D eigenvalue weighted by Crippen LogP contribution is -2.15. The summed E-state index contributed by atoms with van der Waals surface area (Å²) in [6, 6.07) is 33.4. The van der Waals surface area contributed by atoms with Crippen molar-refractivity contribution in [1.29, 1.82) is 0 Å². The van der Waals surface area contributed by atoms with E-state index in [4.69, 9.17) is 4.42 Å². The molecule has 39 heavy (non-hydrogen) atoms. The predicted molar refractivity (Wildman–Crippen MR) is 149 cm³/mol. The van der Waals surface area contributed by atoms with Crippen molar-refractivity contribution in [2.75, 3.05) is 5.32 Å². The van der Waals surface area contributed by atoms with Gasteiger partial charge in [0.05, 0.1) is 10.3 Å². The van der Waals surface area contributed by atoms with Gasteiger partial charge in [0.15, 0.2) is 0 Å². The van der Waals surface area contributed by atoms with Gasteiger partial charge in [-0.3, -0.25) is 14.9 Å². The zero-order valence-electron chi connectivity index (χ0n) is 20.4. The monoisotopic (exact) mass is 512 g/mol. The van der Waals surface area contributed by atoms with E-state index in [1.165, 1.54) is 24.5 Å². The molecule has 0 atom stereocenters. The molecule has 0 aliphatic carbocycles. The molecular formula is C31H20N4O4. The number of benzene rings is 4. The molecule has 0 aliphatic rings. The number of rotatable bonds is 6. The summed E-state index contributed by atoms with van der Waals surface area (Å²) in [5.74, 6) is 0.103. The van der Waals surface area contributed by atoms with Gasteiger partial charge in [0.25, 0.3) is 11.6 Å². The Bertz CT molecular complexity index is 1820. The van der Waals surface area contributed by atoms with Crippen molar-refractivity contribution in [3.63, 3.8) is 0 Å². The maximum Gasteiger partial charge on any atom is 0.282 e. The first-order chi connectivity index (χ1) is 19.1. The lowest BCUT2D eigenvalue weighted by molar-refractivity contribution is -0.385. The second-order valence-corrected chi connectivity index (χ2v) is 8.75. The van der Waals surface area contributed by atoms with Gasteiger partial charge in [-0.15, -0.1) is 0 Å². The van der Waals surface area contributed by atoms with Crippen molar-refractivity contribution in [3.8, 4) is 33.6 Å². The largest absolute Gasteiger partial charge is 0.437 e. The van der Waals surface area contributed by atoms with Gasteiger partial charge in [-0.05, 0) is 22.8 Å². The van der Waals surface area contributed by atoms with E-state index < -0.39 is 10.8 Å². The molecule has 6 aromatic rings. The highest BCUT2D eigenvalue weighted by atomic mass is 16.6. The Balaban J connectivity index is 1.48. The number of nitro groups is 1. The molecule has 8 heteroatoms. The topological polar surface area (TPSA) is 111 Å². The molecule has 0 spiro atoms. The summed E-state index contributed by atoms with van der Waals surface area (Å²) in [5, 5.41) is 14.7. The van der Waals surface area contributed by atoms with E-state index in [0.29, 0.717) is 16.7 Å². The fourth-order valence-corrected chi connectivity index (χ4v) is 4.56. The van der Waals surface area contributed by atoms with Crippen LogP contribution in [0.15, 0.2) is 120 Å². The van der Waals surface area contributed by atoms with Gasteiger partial charge in [0.2, 0.25) is 5.71 Å². The minimum absolute atomic E-state index is 0.0734. The van der Waals surface area contributed by atoms with Crippen LogP contribution in [0, 0.1) is 10.1 Å². The summed E-state index contributed by atoms with van der Waals surface area (Å²) < 4.78 is 6.26. The highest BCUT2D eigenvalue weighted by Gasteiger charge is 2.25. The fourth-order valence-electron chi connectivity index (χ4n) is 4.56. The van der Waals surface area contributed by atoms with Crippen LogP contribution in [0.25, 0.3) is 44.7 Å². The SMILES string of the molecule is O=C(Nc1ncnc2oc(-c3ccc(-c4ccccc4)cc3)c(-c3ccccc3)c12)c1ccccc1[N+](=O)[O-]. The Morgan fingerprint density at radius 3 is 2.00 bits per heavy atom. The second kappa shape index (κ2) is 10.0. The number of anilines is 1. The number of furan rings is 1. The number of nitrogens with one attached hydrogen (secondary N) is 1. The average molecular weight is 513 g/mol. The summed E-state index contributed by atoms with van der Waals surface area (Å²) in [6.07, 6.45) is 1.29. The molecule has 1 amide bonds. The van der Waals surface area contributed by atoms with Crippen molar-refractivity contribution in [2.45, 2.75) is 0 Å². The minimum Gasteiger partial charge on any atom is -0.437 e. The van der Waals surface area contributed by atoms with Crippen LogP contribution in [0.4, 0.5) is 11.5 Å². The van der Waals surface area contributed by atoms with E-state index in [1.807, 2.05) is 84.9 Å². The molecule has 0 radical (unpaired) electrons. The quantitative estimate of drug-likeness (QED) is 0.184. The third kappa shape index (κ3) is 4.51. The average Bonchev–Trinajstić information content (AvgIpc) is 3.39. The van der Waals surface area contributed by atoms with Crippen LogP contribution < -0.4 is 5.32 Å². The first kappa shape index (κ1) is 23.7. The maximum absolute atomic E-state index is 13.2. The number of para-hydroxylation sites is 1. The first-order valence-corrected chi connectivity index (χ1v) is 12.1. The van der Waals surface area contributed by atoms with Crippen LogP contribution in [0.2, 0.25) is 0 Å². The van der Waals surface area contributed by atoms with Crippen LogP contribution in [0.1, 0.15) is 10.4 Å². The van der Waals surface area contributed by atoms with E-state index in [0.717, 1.165) is 22.3 Å². The molecule has 188 valence electrons. The number of hydrogen-bond acceptors (Lipinski definition) is 6. The van der Waals surface area contributed by atoms with E-state index in [2.05, 4.69) is 15.3 Å². The number of hydrogen-bond donors (Lipinski definition) is 1. The third-order valence-corrected chi connectivity index (χ3v) is 6.38. The Morgan fingerprint density at radius 2 is 1.31 bits per heavy atom. The van der Waals surface area contributed by atoms with Gasteiger partial charge in [0.1, 0.15) is 23.5 Å². The molecule has 1 N–H and O–H groups in total. The van der Waals surface area contributed by atoms with Gasteiger partial charge in [-0.1, -0.05) is 97.1 Å². The molecule has 0 unspecified atom stereocenters. The fraction of sp³-hybridized carbons (Fsp3) is 0. The number of carbonyl (C=O) groups is 1. The highest BCUT2D eigenvalue weighted by Crippen LogP contribution is 2.43. The van der Waals surface area contributed by atoms with E-state index in [9.17, 15) is 14.9 Å². The molecule has 2 heterocycles. The first-order valence-electron chi connectivity index (χ1n) is 12.1. The predicted octanol–water partition coefficient (Wildman–Crippen LogP) is 7.38. The van der Waals surface area contributed by atoms with Crippen molar-refractivity contribution < 1.29 is 14.1 Å². The number of amides is 1. The minimum atomic E-state index is -0.656. The van der Waals surface area contributed by atoms with E-state index in [-0.39, 0.29) is 22.8 Å². The molecule has 0 fully saturated rings. The maximum atomic E-state index is 13.2. The summed E-state index contributed by atoms with van der Waals surface area (Å²) in [4.78, 5) is 32.7. The molecule has 8 nitrogen and oxygen atoms in total. The smallest absolute Gasteiger partial charge is 0.282 e. The number of carbonyl (C=O) groups excluding carboxylic acids is 1. The Morgan fingerprint density at radius 1 is 0.718 bits per heavy atom. The zero-order valence-corrected chi connectivity index (χ0v) is 20.4. The molecule has 0 bridgehead atoms. The molecule has 2 aromatic heterocycles. The van der Waals surface area contributed by atoms with Gasteiger partial charge in [-0.2, -0.15) is 0 Å². The molecular weight excluding hydrogens is 492 g/mol. The molecule has 4 aromatic carbocycles. The van der Waals surface area contributed by atoms with Gasteiger partial charge >= 0.3 is 0 Å². The van der Waals surface area contributed by atoms with Crippen molar-refractivity contribution in [3.05, 3.63) is 131 Å². The van der Waals surface area contributed by atoms with E-state index in [1.54, 1.807) is 6.07 Å². The Kier molecular flexibility index (Phi) is 6.10. The highest BCUT2D eigenvalue weighted by molar-refractivity contribution is 6.13. The number of fused-ring (bicyclic) bond motifs is 1. The Labute approximate surface area is 222 Å². The molecule has 6 rings (SSSR count). The standard InChI is InChI=1S/C31H20N4O4/c36-30(24-13-7-8-14-25(24)35(37)38)34-29-27-26(22-11-5-2-6-12-22)28(39-31(27)33-19-32-29)23-17-15-21(16-18-23)20-9-3-1-4-10-20/h1-19H,(H,32,33,34,36). The summed E-state index contributed by atoms with van der Waals surface area (Å²) in [5.41, 5.74) is 4.44. The number of nitro benzene ring substituents is 1. The molecule has 0 saturated carbocycles. The lowest BCUT2D eigenvalue weighted by atomic mass is 9.97. The third-order valence-electron chi connectivity index (χ3n) is 6.38. The molecule has 0 aliphatic heterocycles. The zero-order chi connectivity index (χ0) is 26.8. The number of aromatic nitrogens is 2. The lowest BCUT2D eigenvalue weighted by Gasteiger charge is -2.08. The van der Waals surface area contributed by atoms with Crippen LogP contribution in [-0.4, -0.2) is 20.8 Å². The van der Waals surface area contributed by atoms with Crippen molar-refractivity contribution in [2.24, 2.45) is 0 Å². The van der Waals surface area contributed by atoms with E-state index >= 15 is 0 Å². The Hall–Kier alpha value is -5.63.